The van der Waals surface area contributed by atoms with E-state index in [1.54, 1.807) is 26.4 Å². The van der Waals surface area contributed by atoms with Crippen LogP contribution in [0.25, 0.3) is 0 Å². The Morgan fingerprint density at radius 1 is 1.08 bits per heavy atom. The third-order valence-electron chi connectivity index (χ3n) is 4.58. The number of nitrogens with zero attached hydrogens (tertiary/aromatic N) is 3. The van der Waals surface area contributed by atoms with Crippen molar-refractivity contribution >= 4 is 5.91 Å². The number of rotatable bonds is 4. The maximum atomic E-state index is 12.6. The van der Waals surface area contributed by atoms with Crippen molar-refractivity contribution in [2.45, 2.75) is 6.54 Å². The van der Waals surface area contributed by atoms with E-state index in [0.29, 0.717) is 18.7 Å². The summed E-state index contributed by atoms with van der Waals surface area (Å²) in [6.45, 7) is 3.80. The molecule has 2 aromatic rings. The molecule has 1 aromatic carbocycles. The van der Waals surface area contributed by atoms with Crippen molar-refractivity contribution in [2.24, 2.45) is 7.05 Å². The number of methoxy groups -OCH3 is 1. The Balaban J connectivity index is 1.60. The Labute approximate surface area is 147 Å². The predicted octanol–water partition coefficient (Wildman–Crippen LogP) is 1.35. The zero-order valence-corrected chi connectivity index (χ0v) is 14.6. The Morgan fingerprint density at radius 2 is 1.80 bits per heavy atom. The number of pyridine rings is 1. The van der Waals surface area contributed by atoms with Crippen LogP contribution in [0.4, 0.5) is 0 Å². The number of hydrogen-bond donors (Lipinski definition) is 0. The van der Waals surface area contributed by atoms with Crippen molar-refractivity contribution in [2.75, 3.05) is 33.3 Å². The highest BCUT2D eigenvalue weighted by molar-refractivity contribution is 5.94. The first kappa shape index (κ1) is 17.2. The van der Waals surface area contributed by atoms with Gasteiger partial charge in [0.25, 0.3) is 5.91 Å². The van der Waals surface area contributed by atoms with Crippen molar-refractivity contribution in [3.8, 4) is 5.75 Å². The topological polar surface area (TPSA) is 54.8 Å². The molecule has 0 bridgehead atoms. The van der Waals surface area contributed by atoms with Gasteiger partial charge in [-0.2, -0.15) is 0 Å². The normalized spacial score (nSPS) is 15.2. The van der Waals surface area contributed by atoms with Crippen LogP contribution in [0.1, 0.15) is 15.9 Å². The minimum atomic E-state index is -0.113. The number of amides is 1. The molecule has 0 spiro atoms. The van der Waals surface area contributed by atoms with Gasteiger partial charge in [0.2, 0.25) is 5.56 Å². The number of ether oxygens (including phenoxy) is 1. The minimum Gasteiger partial charge on any atom is -0.496 e. The standard InChI is InChI=1S/C19H23N3O3/c1-20-13-16(7-8-18(20)23)19(24)22-11-9-21(10-12-22)14-15-5-3-4-6-17(15)25-2/h3-8,13H,9-12,14H2,1-2H3. The van der Waals surface area contributed by atoms with Gasteiger partial charge in [-0.25, -0.2) is 0 Å². The van der Waals surface area contributed by atoms with Crippen LogP contribution in [-0.2, 0) is 13.6 Å². The van der Waals surface area contributed by atoms with Gasteiger partial charge in [0.15, 0.2) is 0 Å². The summed E-state index contributed by atoms with van der Waals surface area (Å²) in [7, 11) is 3.34. The summed E-state index contributed by atoms with van der Waals surface area (Å²) in [6, 6.07) is 11.1. The van der Waals surface area contributed by atoms with Crippen molar-refractivity contribution in [3.63, 3.8) is 0 Å². The number of piperazine rings is 1. The van der Waals surface area contributed by atoms with Gasteiger partial charge < -0.3 is 14.2 Å². The molecule has 1 saturated heterocycles. The van der Waals surface area contributed by atoms with E-state index >= 15 is 0 Å². The Kier molecular flexibility index (Phi) is 5.19. The molecule has 1 fully saturated rings. The summed E-state index contributed by atoms with van der Waals surface area (Å²) < 4.78 is 6.84. The molecule has 1 aliphatic rings. The fraction of sp³-hybridized carbons (Fsp3) is 0.368. The largest absolute Gasteiger partial charge is 0.496 e. The molecule has 0 N–H and O–H groups in total. The maximum Gasteiger partial charge on any atom is 0.255 e. The predicted molar refractivity (Wildman–Crippen MR) is 95.9 cm³/mol. The van der Waals surface area contributed by atoms with E-state index in [1.165, 1.54) is 10.6 Å². The number of para-hydroxylation sites is 1. The fourth-order valence-corrected chi connectivity index (χ4v) is 3.09. The molecule has 0 aliphatic carbocycles. The molecule has 3 rings (SSSR count). The Morgan fingerprint density at radius 3 is 2.48 bits per heavy atom. The van der Waals surface area contributed by atoms with Gasteiger partial charge in [-0.05, 0) is 12.1 Å². The molecule has 1 aromatic heterocycles. The number of aromatic nitrogens is 1. The molecule has 0 radical (unpaired) electrons. The number of carbonyl (C=O) groups is 1. The molecule has 6 heteroatoms. The summed E-state index contributed by atoms with van der Waals surface area (Å²) in [5, 5.41) is 0. The van der Waals surface area contributed by atoms with Gasteiger partial charge in [0, 0.05) is 57.6 Å². The average Bonchev–Trinajstić information content (AvgIpc) is 2.64. The summed E-state index contributed by atoms with van der Waals surface area (Å²) in [4.78, 5) is 28.2. The van der Waals surface area contributed by atoms with E-state index in [-0.39, 0.29) is 11.5 Å². The van der Waals surface area contributed by atoms with E-state index < -0.39 is 0 Å². The molecule has 2 heterocycles. The maximum absolute atomic E-state index is 12.6. The highest BCUT2D eigenvalue weighted by Gasteiger charge is 2.23. The first-order chi connectivity index (χ1) is 12.1. The third-order valence-corrected chi connectivity index (χ3v) is 4.58. The molecule has 1 aliphatic heterocycles. The lowest BCUT2D eigenvalue weighted by atomic mass is 10.1. The lowest BCUT2D eigenvalue weighted by Gasteiger charge is -2.35. The van der Waals surface area contributed by atoms with Crippen LogP contribution in [0, 0.1) is 0 Å². The second kappa shape index (κ2) is 7.53. The average molecular weight is 341 g/mol. The molecule has 6 nitrogen and oxygen atoms in total. The minimum absolute atomic E-state index is 0.0208. The molecule has 0 saturated carbocycles. The second-order valence-corrected chi connectivity index (χ2v) is 6.25. The van der Waals surface area contributed by atoms with Crippen LogP contribution in [0.2, 0.25) is 0 Å². The number of benzene rings is 1. The summed E-state index contributed by atoms with van der Waals surface area (Å²) in [5.74, 6) is 0.874. The molecule has 132 valence electrons. The summed E-state index contributed by atoms with van der Waals surface area (Å²) in [5.41, 5.74) is 1.60. The van der Waals surface area contributed by atoms with E-state index in [9.17, 15) is 9.59 Å². The first-order valence-corrected chi connectivity index (χ1v) is 8.38. The van der Waals surface area contributed by atoms with E-state index in [1.807, 2.05) is 23.1 Å². The van der Waals surface area contributed by atoms with Gasteiger partial charge in [-0.3, -0.25) is 14.5 Å². The van der Waals surface area contributed by atoms with Crippen molar-refractivity contribution < 1.29 is 9.53 Å². The lowest BCUT2D eigenvalue weighted by Crippen LogP contribution is -2.48. The number of carbonyl (C=O) groups excluding carboxylic acids is 1. The van der Waals surface area contributed by atoms with Crippen LogP contribution < -0.4 is 10.3 Å². The van der Waals surface area contributed by atoms with E-state index in [2.05, 4.69) is 11.0 Å². The van der Waals surface area contributed by atoms with Gasteiger partial charge >= 0.3 is 0 Å². The number of hydrogen-bond acceptors (Lipinski definition) is 4. The zero-order valence-electron chi connectivity index (χ0n) is 14.6. The molecule has 1 amide bonds. The molecule has 0 atom stereocenters. The monoisotopic (exact) mass is 341 g/mol. The van der Waals surface area contributed by atoms with Crippen LogP contribution in [0.3, 0.4) is 0 Å². The van der Waals surface area contributed by atoms with Crippen molar-refractivity contribution in [3.05, 3.63) is 64.1 Å². The third kappa shape index (κ3) is 3.91. The Hall–Kier alpha value is -2.60. The van der Waals surface area contributed by atoms with Crippen molar-refractivity contribution in [1.29, 1.82) is 0 Å². The quantitative estimate of drug-likeness (QED) is 0.842. The smallest absolute Gasteiger partial charge is 0.255 e. The zero-order chi connectivity index (χ0) is 17.8. The molecular formula is C19H23N3O3. The second-order valence-electron chi connectivity index (χ2n) is 6.25. The lowest BCUT2D eigenvalue weighted by molar-refractivity contribution is 0.0626. The Bertz CT molecular complexity index is 808. The highest BCUT2D eigenvalue weighted by Crippen LogP contribution is 2.20. The van der Waals surface area contributed by atoms with E-state index in [4.69, 9.17) is 4.74 Å². The highest BCUT2D eigenvalue weighted by atomic mass is 16.5. The first-order valence-electron chi connectivity index (χ1n) is 8.38. The molecule has 0 unspecified atom stereocenters. The molecule has 25 heavy (non-hydrogen) atoms. The SMILES string of the molecule is COc1ccccc1CN1CCN(C(=O)c2ccc(=O)n(C)c2)CC1. The molecular weight excluding hydrogens is 318 g/mol. The van der Waals surface area contributed by atoms with Gasteiger partial charge in [0.1, 0.15) is 5.75 Å². The van der Waals surface area contributed by atoms with Crippen LogP contribution in [0.5, 0.6) is 5.75 Å². The summed E-state index contributed by atoms with van der Waals surface area (Å²) in [6.07, 6.45) is 1.60. The van der Waals surface area contributed by atoms with Gasteiger partial charge in [0.05, 0.1) is 12.7 Å². The van der Waals surface area contributed by atoms with Gasteiger partial charge in [-0.1, -0.05) is 18.2 Å². The van der Waals surface area contributed by atoms with Crippen LogP contribution >= 0.6 is 0 Å². The van der Waals surface area contributed by atoms with Gasteiger partial charge in [-0.15, -0.1) is 0 Å². The fourth-order valence-electron chi connectivity index (χ4n) is 3.09. The van der Waals surface area contributed by atoms with Crippen molar-refractivity contribution in [1.82, 2.24) is 14.4 Å². The summed E-state index contributed by atoms with van der Waals surface area (Å²) >= 11 is 0. The number of aryl methyl sites for hydroxylation is 1. The van der Waals surface area contributed by atoms with Crippen LogP contribution in [-0.4, -0.2) is 53.6 Å². The van der Waals surface area contributed by atoms with E-state index in [0.717, 1.165) is 30.9 Å². The van der Waals surface area contributed by atoms with Crippen LogP contribution in [0.15, 0.2) is 47.4 Å².